The normalized spacial score (nSPS) is 15.9. The third-order valence-electron chi connectivity index (χ3n) is 5.31. The smallest absolute Gasteiger partial charge is 0.412 e. The van der Waals surface area contributed by atoms with Crippen molar-refractivity contribution in [3.63, 3.8) is 0 Å². The van der Waals surface area contributed by atoms with E-state index in [4.69, 9.17) is 14.2 Å². The highest BCUT2D eigenvalue weighted by molar-refractivity contribution is 6.02. The minimum Gasteiger partial charge on any atom is -0.464 e. The first-order chi connectivity index (χ1) is 14.3. The zero-order valence-electron chi connectivity index (χ0n) is 18.2. The fourth-order valence-corrected chi connectivity index (χ4v) is 3.05. The fraction of sp³-hybridized carbons (Fsp3) is 0.591. The molecule has 0 aliphatic carbocycles. The SMILES string of the molecule is CCC(C)C(=O)OCCNC(=O)Oc1ccc(C(=O)C(C)(C)N2CCOCC2)cc1. The Hall–Kier alpha value is -2.45. The monoisotopic (exact) mass is 420 g/mol. The number of benzene rings is 1. The van der Waals surface area contributed by atoms with Gasteiger partial charge in [-0.3, -0.25) is 14.5 Å². The quantitative estimate of drug-likeness (QED) is 0.373. The highest BCUT2D eigenvalue weighted by Crippen LogP contribution is 2.23. The van der Waals surface area contributed by atoms with E-state index in [2.05, 4.69) is 10.2 Å². The molecular weight excluding hydrogens is 388 g/mol. The molecule has 0 radical (unpaired) electrons. The van der Waals surface area contributed by atoms with Crippen LogP contribution in [0.15, 0.2) is 24.3 Å². The summed E-state index contributed by atoms with van der Waals surface area (Å²) in [6.07, 6.45) is 0.0542. The summed E-state index contributed by atoms with van der Waals surface area (Å²) in [5.41, 5.74) is -0.0906. The molecule has 1 fully saturated rings. The number of esters is 1. The Bertz CT molecular complexity index is 726. The van der Waals surface area contributed by atoms with Crippen LogP contribution in [-0.4, -0.2) is 67.7 Å². The largest absolute Gasteiger partial charge is 0.464 e. The molecule has 0 saturated carbocycles. The van der Waals surface area contributed by atoms with Crippen molar-refractivity contribution < 1.29 is 28.6 Å². The van der Waals surface area contributed by atoms with E-state index < -0.39 is 11.6 Å². The Kier molecular flexibility index (Phi) is 8.80. The lowest BCUT2D eigenvalue weighted by Gasteiger charge is -2.39. The van der Waals surface area contributed by atoms with Crippen LogP contribution in [0.3, 0.4) is 0 Å². The number of carbonyl (C=O) groups excluding carboxylic acids is 3. The van der Waals surface area contributed by atoms with Crippen LogP contribution in [0.2, 0.25) is 0 Å². The Morgan fingerprint density at radius 3 is 2.40 bits per heavy atom. The minimum atomic E-state index is -0.651. The molecule has 1 unspecified atom stereocenters. The molecule has 2 rings (SSSR count). The number of ether oxygens (including phenoxy) is 3. The number of nitrogens with zero attached hydrogens (tertiary/aromatic N) is 1. The van der Waals surface area contributed by atoms with Gasteiger partial charge in [-0.05, 0) is 44.5 Å². The fourth-order valence-electron chi connectivity index (χ4n) is 3.05. The lowest BCUT2D eigenvalue weighted by molar-refractivity contribution is -0.147. The van der Waals surface area contributed by atoms with E-state index in [1.165, 1.54) is 0 Å². The van der Waals surface area contributed by atoms with Gasteiger partial charge in [0.1, 0.15) is 12.4 Å². The third kappa shape index (κ3) is 6.53. The maximum absolute atomic E-state index is 13.0. The summed E-state index contributed by atoms with van der Waals surface area (Å²) in [6.45, 7) is 10.4. The molecule has 8 nitrogen and oxygen atoms in total. The average Bonchev–Trinajstić information content (AvgIpc) is 2.76. The van der Waals surface area contributed by atoms with Crippen LogP contribution in [0.5, 0.6) is 5.75 Å². The van der Waals surface area contributed by atoms with Gasteiger partial charge in [0.2, 0.25) is 0 Å². The molecule has 1 N–H and O–H groups in total. The molecule has 8 heteroatoms. The van der Waals surface area contributed by atoms with Crippen molar-refractivity contribution >= 4 is 17.8 Å². The van der Waals surface area contributed by atoms with E-state index >= 15 is 0 Å². The number of Topliss-reactive ketones (excluding diaryl/α,β-unsaturated/α-hetero) is 1. The van der Waals surface area contributed by atoms with Gasteiger partial charge in [0.15, 0.2) is 5.78 Å². The standard InChI is InChI=1S/C22H32N2O6/c1-5-16(2)20(26)29-13-10-23-21(27)30-18-8-6-17(7-9-18)19(25)22(3,4)24-11-14-28-15-12-24/h6-9,16H,5,10-15H2,1-4H3,(H,23,27). The lowest BCUT2D eigenvalue weighted by atomic mass is 9.91. The van der Waals surface area contributed by atoms with Crippen molar-refractivity contribution in [2.45, 2.75) is 39.7 Å². The van der Waals surface area contributed by atoms with E-state index in [0.717, 1.165) is 0 Å². The first-order valence-electron chi connectivity index (χ1n) is 10.4. The number of carbonyl (C=O) groups is 3. The number of hydrogen-bond acceptors (Lipinski definition) is 7. The van der Waals surface area contributed by atoms with Crippen molar-refractivity contribution in [1.82, 2.24) is 10.2 Å². The molecule has 30 heavy (non-hydrogen) atoms. The number of rotatable bonds is 9. The molecular formula is C22H32N2O6. The van der Waals surface area contributed by atoms with E-state index in [1.807, 2.05) is 20.8 Å². The summed E-state index contributed by atoms with van der Waals surface area (Å²) < 4.78 is 15.6. The van der Waals surface area contributed by atoms with Gasteiger partial charge in [-0.1, -0.05) is 13.8 Å². The Morgan fingerprint density at radius 1 is 1.17 bits per heavy atom. The molecule has 1 heterocycles. The molecule has 1 aliphatic rings. The Morgan fingerprint density at radius 2 is 1.80 bits per heavy atom. The van der Waals surface area contributed by atoms with Crippen LogP contribution in [0.1, 0.15) is 44.5 Å². The highest BCUT2D eigenvalue weighted by atomic mass is 16.6. The van der Waals surface area contributed by atoms with Gasteiger partial charge >= 0.3 is 12.1 Å². The zero-order valence-corrected chi connectivity index (χ0v) is 18.2. The van der Waals surface area contributed by atoms with Crippen LogP contribution in [0.4, 0.5) is 4.79 Å². The van der Waals surface area contributed by atoms with E-state index in [-0.39, 0.29) is 30.8 Å². The summed E-state index contributed by atoms with van der Waals surface area (Å²) >= 11 is 0. The van der Waals surface area contributed by atoms with E-state index in [0.29, 0.717) is 44.0 Å². The maximum Gasteiger partial charge on any atom is 0.412 e. The van der Waals surface area contributed by atoms with Crippen LogP contribution in [0, 0.1) is 5.92 Å². The molecule has 1 amide bonds. The Balaban J connectivity index is 1.81. The summed E-state index contributed by atoms with van der Waals surface area (Å²) in [5, 5.41) is 2.52. The van der Waals surface area contributed by atoms with Crippen molar-refractivity contribution in [1.29, 1.82) is 0 Å². The predicted molar refractivity (Wildman–Crippen MR) is 112 cm³/mol. The summed E-state index contributed by atoms with van der Waals surface area (Å²) in [4.78, 5) is 38.5. The summed E-state index contributed by atoms with van der Waals surface area (Å²) in [5.74, 6) is -0.118. The number of hydrogen-bond donors (Lipinski definition) is 1. The molecule has 0 bridgehead atoms. The average molecular weight is 421 g/mol. The number of morpholine rings is 1. The van der Waals surface area contributed by atoms with Gasteiger partial charge in [0, 0.05) is 18.7 Å². The molecule has 1 atom stereocenters. The molecule has 1 aromatic carbocycles. The van der Waals surface area contributed by atoms with Gasteiger partial charge in [-0.25, -0.2) is 4.79 Å². The number of ketones is 1. The summed E-state index contributed by atoms with van der Waals surface area (Å²) in [6, 6.07) is 6.48. The van der Waals surface area contributed by atoms with Crippen molar-refractivity contribution in [2.24, 2.45) is 5.92 Å². The van der Waals surface area contributed by atoms with Crippen LogP contribution >= 0.6 is 0 Å². The lowest BCUT2D eigenvalue weighted by Crippen LogP contribution is -2.54. The van der Waals surface area contributed by atoms with Crippen LogP contribution in [0.25, 0.3) is 0 Å². The van der Waals surface area contributed by atoms with Crippen LogP contribution in [-0.2, 0) is 14.3 Å². The molecule has 166 valence electrons. The van der Waals surface area contributed by atoms with Crippen molar-refractivity contribution in [3.8, 4) is 5.75 Å². The van der Waals surface area contributed by atoms with Crippen molar-refractivity contribution in [2.75, 3.05) is 39.5 Å². The number of nitrogens with one attached hydrogen (secondary N) is 1. The first-order valence-corrected chi connectivity index (χ1v) is 10.4. The zero-order chi connectivity index (χ0) is 22.1. The topological polar surface area (TPSA) is 94.2 Å². The van der Waals surface area contributed by atoms with E-state index in [9.17, 15) is 14.4 Å². The second-order valence-electron chi connectivity index (χ2n) is 7.81. The van der Waals surface area contributed by atoms with Gasteiger partial charge in [-0.15, -0.1) is 0 Å². The second kappa shape index (κ2) is 11.1. The third-order valence-corrected chi connectivity index (χ3v) is 5.31. The summed E-state index contributed by atoms with van der Waals surface area (Å²) in [7, 11) is 0. The van der Waals surface area contributed by atoms with Gasteiger partial charge in [-0.2, -0.15) is 0 Å². The Labute approximate surface area is 177 Å². The van der Waals surface area contributed by atoms with Crippen LogP contribution < -0.4 is 10.1 Å². The second-order valence-corrected chi connectivity index (χ2v) is 7.81. The molecule has 1 saturated heterocycles. The molecule has 1 aliphatic heterocycles. The molecule has 0 aromatic heterocycles. The van der Waals surface area contributed by atoms with Gasteiger partial charge in [0.25, 0.3) is 0 Å². The highest BCUT2D eigenvalue weighted by Gasteiger charge is 2.35. The molecule has 1 aromatic rings. The van der Waals surface area contributed by atoms with Crippen molar-refractivity contribution in [3.05, 3.63) is 29.8 Å². The maximum atomic E-state index is 13.0. The van der Waals surface area contributed by atoms with E-state index in [1.54, 1.807) is 31.2 Å². The van der Waals surface area contributed by atoms with Gasteiger partial charge < -0.3 is 19.5 Å². The minimum absolute atomic E-state index is 0.00326. The number of amides is 1. The predicted octanol–water partition coefficient (Wildman–Crippen LogP) is 2.66. The molecule has 0 spiro atoms. The first kappa shape index (κ1) is 23.8. The van der Waals surface area contributed by atoms with Gasteiger partial charge in [0.05, 0.1) is 31.2 Å².